The predicted octanol–water partition coefficient (Wildman–Crippen LogP) is 5.55. The van der Waals surface area contributed by atoms with Gasteiger partial charge in [-0.2, -0.15) is 5.10 Å². The molecule has 1 amide bonds. The van der Waals surface area contributed by atoms with Crippen molar-refractivity contribution in [1.29, 1.82) is 0 Å². The minimum Gasteiger partial charge on any atom is -0.490 e. The largest absolute Gasteiger partial charge is 0.490 e. The molecule has 0 aliphatic carbocycles. The number of aromatic nitrogens is 2. The average molecular weight is 488 g/mol. The molecule has 0 spiro atoms. The van der Waals surface area contributed by atoms with Crippen LogP contribution in [0.15, 0.2) is 85.1 Å². The molecule has 0 bridgehead atoms. The monoisotopic (exact) mass is 487 g/mol. The van der Waals surface area contributed by atoms with Crippen LogP contribution in [0.4, 0.5) is 5.69 Å². The Morgan fingerprint density at radius 2 is 1.53 bits per heavy atom. The molecular weight excluding hydrogens is 458 g/mol. The van der Waals surface area contributed by atoms with Crippen LogP contribution in [0.2, 0.25) is 0 Å². The van der Waals surface area contributed by atoms with E-state index in [2.05, 4.69) is 10.4 Å². The van der Waals surface area contributed by atoms with Crippen LogP contribution in [-0.2, 0) is 13.3 Å². The molecular formula is C28H29N3O5. The van der Waals surface area contributed by atoms with Gasteiger partial charge in [0.2, 0.25) is 0 Å². The van der Waals surface area contributed by atoms with Gasteiger partial charge in [0.25, 0.3) is 5.91 Å². The van der Waals surface area contributed by atoms with Crippen molar-refractivity contribution >= 4 is 11.6 Å². The Bertz CT molecular complexity index is 1260. The van der Waals surface area contributed by atoms with E-state index in [4.69, 9.17) is 18.9 Å². The average Bonchev–Trinajstić information content (AvgIpc) is 3.39. The first-order chi connectivity index (χ1) is 17.6. The number of hydrogen-bond acceptors (Lipinski definition) is 6. The molecule has 8 nitrogen and oxygen atoms in total. The van der Waals surface area contributed by atoms with E-state index in [9.17, 15) is 4.79 Å². The van der Waals surface area contributed by atoms with Crippen molar-refractivity contribution < 1.29 is 23.7 Å². The summed E-state index contributed by atoms with van der Waals surface area (Å²) in [5.74, 6) is 2.53. The summed E-state index contributed by atoms with van der Waals surface area (Å²) < 4.78 is 24.4. The van der Waals surface area contributed by atoms with E-state index in [0.29, 0.717) is 42.7 Å². The highest BCUT2D eigenvalue weighted by Gasteiger charge is 2.11. The maximum absolute atomic E-state index is 12.6. The Labute approximate surface area is 210 Å². The van der Waals surface area contributed by atoms with Gasteiger partial charge in [-0.1, -0.05) is 24.3 Å². The van der Waals surface area contributed by atoms with E-state index in [1.165, 1.54) is 0 Å². The third-order valence-corrected chi connectivity index (χ3v) is 5.11. The zero-order valence-electron chi connectivity index (χ0n) is 20.3. The van der Waals surface area contributed by atoms with E-state index >= 15 is 0 Å². The van der Waals surface area contributed by atoms with Crippen LogP contribution in [-0.4, -0.2) is 28.9 Å². The summed E-state index contributed by atoms with van der Waals surface area (Å²) in [6.45, 7) is 5.59. The quantitative estimate of drug-likeness (QED) is 0.282. The van der Waals surface area contributed by atoms with E-state index in [1.54, 1.807) is 41.2 Å². The summed E-state index contributed by atoms with van der Waals surface area (Å²) in [4.78, 5) is 12.6. The van der Waals surface area contributed by atoms with Crippen molar-refractivity contribution in [3.63, 3.8) is 0 Å². The number of amides is 1. The highest BCUT2D eigenvalue weighted by Crippen LogP contribution is 2.29. The van der Waals surface area contributed by atoms with E-state index in [1.807, 2.05) is 62.4 Å². The number of para-hydroxylation sites is 1. The molecule has 0 unspecified atom stereocenters. The summed E-state index contributed by atoms with van der Waals surface area (Å²) in [5.41, 5.74) is 1.90. The van der Waals surface area contributed by atoms with Crippen molar-refractivity contribution in [2.45, 2.75) is 27.2 Å². The number of nitrogens with one attached hydrogen (secondary N) is 1. The summed E-state index contributed by atoms with van der Waals surface area (Å²) in [6, 6.07) is 24.0. The van der Waals surface area contributed by atoms with Crippen molar-refractivity contribution in [2.24, 2.45) is 0 Å². The van der Waals surface area contributed by atoms with Crippen molar-refractivity contribution in [3.8, 4) is 23.0 Å². The summed E-state index contributed by atoms with van der Waals surface area (Å²) in [5, 5.41) is 7.12. The molecule has 0 aliphatic rings. The molecule has 4 rings (SSSR count). The third kappa shape index (κ3) is 6.79. The molecule has 3 aromatic carbocycles. The van der Waals surface area contributed by atoms with Gasteiger partial charge in [0, 0.05) is 11.9 Å². The standard InChI is InChI=1S/C28H29N3O5/c1-3-33-26-15-10-21(18-27(26)34-4-2)19-35-24-13-11-22(12-14-24)29-28(32)25-16-17-31(30-25)20-36-23-8-6-5-7-9-23/h5-18H,3-4,19-20H2,1-2H3,(H,29,32). The Hall–Kier alpha value is -4.46. The zero-order chi connectivity index (χ0) is 25.2. The second-order valence-corrected chi connectivity index (χ2v) is 7.74. The fourth-order valence-corrected chi connectivity index (χ4v) is 3.39. The van der Waals surface area contributed by atoms with Gasteiger partial charge in [0.1, 0.15) is 18.1 Å². The van der Waals surface area contributed by atoms with Crippen molar-refractivity contribution in [3.05, 3.63) is 96.3 Å². The van der Waals surface area contributed by atoms with Crippen molar-refractivity contribution in [2.75, 3.05) is 18.5 Å². The summed E-state index contributed by atoms with van der Waals surface area (Å²) in [6.07, 6.45) is 1.70. The number of benzene rings is 3. The van der Waals surface area contributed by atoms with Crippen LogP contribution >= 0.6 is 0 Å². The van der Waals surface area contributed by atoms with Crippen LogP contribution in [0.3, 0.4) is 0 Å². The first kappa shape index (κ1) is 24.7. The number of nitrogens with zero attached hydrogens (tertiary/aromatic N) is 2. The van der Waals surface area contributed by atoms with Gasteiger partial charge in [0.15, 0.2) is 23.9 Å². The van der Waals surface area contributed by atoms with Crippen LogP contribution in [0.5, 0.6) is 23.0 Å². The van der Waals surface area contributed by atoms with Gasteiger partial charge < -0.3 is 24.3 Å². The Morgan fingerprint density at radius 1 is 0.806 bits per heavy atom. The molecule has 0 aliphatic heterocycles. The number of anilines is 1. The van der Waals surface area contributed by atoms with E-state index < -0.39 is 0 Å². The SMILES string of the molecule is CCOc1ccc(COc2ccc(NC(=O)c3ccn(COc4ccccc4)n3)cc2)cc1OCC. The minimum atomic E-state index is -0.306. The van der Waals surface area contributed by atoms with Crippen LogP contribution in [0, 0.1) is 0 Å². The summed E-state index contributed by atoms with van der Waals surface area (Å²) in [7, 11) is 0. The molecule has 0 radical (unpaired) electrons. The highest BCUT2D eigenvalue weighted by atomic mass is 16.5. The zero-order valence-corrected chi connectivity index (χ0v) is 20.3. The first-order valence-corrected chi connectivity index (χ1v) is 11.8. The predicted molar refractivity (Wildman–Crippen MR) is 137 cm³/mol. The number of hydrogen-bond donors (Lipinski definition) is 1. The highest BCUT2D eigenvalue weighted by molar-refractivity contribution is 6.02. The Morgan fingerprint density at radius 3 is 2.28 bits per heavy atom. The second-order valence-electron chi connectivity index (χ2n) is 7.74. The Kier molecular flexibility index (Phi) is 8.43. The summed E-state index contributed by atoms with van der Waals surface area (Å²) >= 11 is 0. The fraction of sp³-hybridized carbons (Fsp3) is 0.214. The van der Waals surface area contributed by atoms with E-state index in [0.717, 1.165) is 17.1 Å². The molecule has 8 heteroatoms. The molecule has 0 atom stereocenters. The minimum absolute atomic E-state index is 0.212. The van der Waals surface area contributed by atoms with Gasteiger partial charge >= 0.3 is 0 Å². The number of rotatable bonds is 12. The lowest BCUT2D eigenvalue weighted by molar-refractivity contribution is 0.102. The number of carbonyl (C=O) groups excluding carboxylic acids is 1. The molecule has 0 fully saturated rings. The lowest BCUT2D eigenvalue weighted by Gasteiger charge is -2.13. The molecule has 1 aromatic heterocycles. The smallest absolute Gasteiger partial charge is 0.276 e. The maximum atomic E-state index is 12.6. The molecule has 1 heterocycles. The van der Waals surface area contributed by atoms with Gasteiger partial charge in [-0.25, -0.2) is 4.68 Å². The van der Waals surface area contributed by atoms with Crippen LogP contribution < -0.4 is 24.3 Å². The maximum Gasteiger partial charge on any atom is 0.276 e. The van der Waals surface area contributed by atoms with E-state index in [-0.39, 0.29) is 12.6 Å². The molecule has 4 aromatic rings. The molecule has 0 saturated carbocycles. The first-order valence-electron chi connectivity index (χ1n) is 11.8. The van der Waals surface area contributed by atoms with Gasteiger partial charge in [-0.05, 0) is 74.0 Å². The number of ether oxygens (including phenoxy) is 4. The van der Waals surface area contributed by atoms with Gasteiger partial charge in [-0.3, -0.25) is 4.79 Å². The fourth-order valence-electron chi connectivity index (χ4n) is 3.39. The van der Waals surface area contributed by atoms with Crippen LogP contribution in [0.1, 0.15) is 29.9 Å². The normalized spacial score (nSPS) is 10.5. The molecule has 1 N–H and O–H groups in total. The Balaban J connectivity index is 1.28. The van der Waals surface area contributed by atoms with Crippen LogP contribution in [0.25, 0.3) is 0 Å². The molecule has 186 valence electrons. The molecule has 0 saturated heterocycles. The lowest BCUT2D eigenvalue weighted by Crippen LogP contribution is -2.14. The van der Waals surface area contributed by atoms with Gasteiger partial charge in [0.05, 0.1) is 13.2 Å². The number of carbonyl (C=O) groups is 1. The lowest BCUT2D eigenvalue weighted by atomic mass is 10.2. The third-order valence-electron chi connectivity index (χ3n) is 5.11. The second kappa shape index (κ2) is 12.3. The van der Waals surface area contributed by atoms with Gasteiger partial charge in [-0.15, -0.1) is 0 Å². The molecule has 36 heavy (non-hydrogen) atoms. The topological polar surface area (TPSA) is 83.8 Å². The van der Waals surface area contributed by atoms with Crippen molar-refractivity contribution in [1.82, 2.24) is 9.78 Å².